The summed E-state index contributed by atoms with van der Waals surface area (Å²) in [6, 6.07) is 3.65. The minimum atomic E-state index is -0.289. The largest absolute Gasteiger partial charge is 0.369 e. The molecule has 0 radical (unpaired) electrons. The van der Waals surface area contributed by atoms with E-state index in [4.69, 9.17) is 0 Å². The molecule has 1 spiro atoms. The fourth-order valence-electron chi connectivity index (χ4n) is 2.72. The third-order valence-corrected chi connectivity index (χ3v) is 3.98. The average Bonchev–Trinajstić information content (AvgIpc) is 3.08. The molecule has 1 aliphatic heterocycles. The van der Waals surface area contributed by atoms with Gasteiger partial charge < -0.3 is 10.6 Å². The highest BCUT2D eigenvalue weighted by molar-refractivity contribution is 5.33. The average molecular weight is 235 g/mol. The summed E-state index contributed by atoms with van der Waals surface area (Å²) >= 11 is 0. The molecule has 0 amide bonds. The molecule has 1 saturated carbocycles. The van der Waals surface area contributed by atoms with E-state index in [2.05, 4.69) is 15.6 Å². The Hall–Kier alpha value is -1.16. The van der Waals surface area contributed by atoms with Gasteiger partial charge in [-0.3, -0.25) is 0 Å². The van der Waals surface area contributed by atoms with E-state index in [0.717, 1.165) is 18.9 Å². The van der Waals surface area contributed by atoms with E-state index in [-0.39, 0.29) is 5.82 Å². The summed E-state index contributed by atoms with van der Waals surface area (Å²) in [5.74, 6) is 0.465. The molecule has 1 aliphatic carbocycles. The second-order valence-corrected chi connectivity index (χ2v) is 5.35. The number of hydrogen-bond donors (Lipinski definition) is 2. The first kappa shape index (κ1) is 11.0. The predicted molar refractivity (Wildman–Crippen MR) is 65.4 cm³/mol. The topological polar surface area (TPSA) is 37.0 Å². The Morgan fingerprint density at radius 1 is 1.41 bits per heavy atom. The molecule has 1 saturated heterocycles. The zero-order valence-electron chi connectivity index (χ0n) is 9.88. The van der Waals surface area contributed by atoms with Gasteiger partial charge in [0.25, 0.3) is 0 Å². The van der Waals surface area contributed by atoms with Crippen LogP contribution in [0.25, 0.3) is 0 Å². The lowest BCUT2D eigenvalue weighted by molar-refractivity contribution is 0.290. The summed E-state index contributed by atoms with van der Waals surface area (Å²) in [6.07, 6.45) is 6.65. The number of nitrogens with zero attached hydrogens (tertiary/aromatic N) is 1. The zero-order chi connectivity index (χ0) is 11.7. The van der Waals surface area contributed by atoms with Crippen LogP contribution in [0.5, 0.6) is 0 Å². The smallest absolute Gasteiger partial charge is 0.141 e. The van der Waals surface area contributed by atoms with Crippen LogP contribution < -0.4 is 10.6 Å². The minimum absolute atomic E-state index is 0.289. The maximum atomic E-state index is 12.7. The van der Waals surface area contributed by atoms with Crippen LogP contribution >= 0.6 is 0 Å². The van der Waals surface area contributed by atoms with Crippen molar-refractivity contribution < 1.29 is 4.39 Å². The number of nitrogens with one attached hydrogen (secondary N) is 2. The number of halogens is 1. The van der Waals surface area contributed by atoms with E-state index >= 15 is 0 Å². The molecule has 0 bridgehead atoms. The molecule has 2 aliphatic rings. The lowest BCUT2D eigenvalue weighted by Crippen LogP contribution is -2.43. The number of aromatic nitrogens is 1. The van der Waals surface area contributed by atoms with Crippen molar-refractivity contribution >= 4 is 5.82 Å². The van der Waals surface area contributed by atoms with Gasteiger partial charge in [-0.15, -0.1) is 0 Å². The fourth-order valence-corrected chi connectivity index (χ4v) is 2.72. The predicted octanol–water partition coefficient (Wildman–Crippen LogP) is 2.16. The highest BCUT2D eigenvalue weighted by Crippen LogP contribution is 2.53. The summed E-state index contributed by atoms with van der Waals surface area (Å²) in [7, 11) is 0. The summed E-state index contributed by atoms with van der Waals surface area (Å²) in [4.78, 5) is 4.00. The van der Waals surface area contributed by atoms with E-state index in [1.807, 2.05) is 0 Å². The summed E-state index contributed by atoms with van der Waals surface area (Å²) < 4.78 is 12.7. The molecule has 2 heterocycles. The Labute approximate surface area is 101 Å². The van der Waals surface area contributed by atoms with Crippen molar-refractivity contribution in [1.82, 2.24) is 10.3 Å². The highest BCUT2D eigenvalue weighted by atomic mass is 19.1. The summed E-state index contributed by atoms with van der Waals surface area (Å²) in [6.45, 7) is 2.00. The maximum absolute atomic E-state index is 12.7. The van der Waals surface area contributed by atoms with Crippen molar-refractivity contribution in [2.75, 3.05) is 18.4 Å². The summed E-state index contributed by atoms with van der Waals surface area (Å²) in [5.41, 5.74) is 0.661. The van der Waals surface area contributed by atoms with Crippen LogP contribution in [0, 0.1) is 11.2 Å². The van der Waals surface area contributed by atoms with Gasteiger partial charge in [-0.05, 0) is 49.8 Å². The normalized spacial score (nSPS) is 25.8. The van der Waals surface area contributed by atoms with Crippen molar-refractivity contribution in [2.45, 2.75) is 31.7 Å². The molecule has 1 atom stereocenters. The Bertz CT molecular complexity index is 386. The fraction of sp³-hybridized carbons (Fsp3) is 0.615. The standard InChI is InChI=1S/C13H18FN3/c14-10-1-2-12(16-8-10)17-9-11-7-13(3-4-13)5-6-15-11/h1-2,8,11,15H,3-7,9H2,(H,16,17)/t11-/m0/s1. The van der Waals surface area contributed by atoms with Gasteiger partial charge >= 0.3 is 0 Å². The first-order chi connectivity index (χ1) is 8.26. The van der Waals surface area contributed by atoms with Crippen LogP contribution in [0.2, 0.25) is 0 Å². The van der Waals surface area contributed by atoms with Gasteiger partial charge in [-0.25, -0.2) is 9.37 Å². The van der Waals surface area contributed by atoms with E-state index in [1.165, 1.54) is 37.9 Å². The molecule has 17 heavy (non-hydrogen) atoms. The Balaban J connectivity index is 1.52. The van der Waals surface area contributed by atoms with Crippen molar-refractivity contribution in [1.29, 1.82) is 0 Å². The molecule has 0 unspecified atom stereocenters. The summed E-state index contributed by atoms with van der Waals surface area (Å²) in [5, 5.41) is 6.80. The molecule has 3 rings (SSSR count). The SMILES string of the molecule is Fc1ccc(NC[C@@H]2CC3(CCN2)CC3)nc1. The van der Waals surface area contributed by atoms with Crippen LogP contribution in [-0.2, 0) is 0 Å². The monoisotopic (exact) mass is 235 g/mol. The zero-order valence-corrected chi connectivity index (χ0v) is 9.88. The number of hydrogen-bond acceptors (Lipinski definition) is 3. The molecule has 2 N–H and O–H groups in total. The maximum Gasteiger partial charge on any atom is 0.141 e. The molecule has 0 aromatic carbocycles. The second-order valence-electron chi connectivity index (χ2n) is 5.35. The lowest BCUT2D eigenvalue weighted by Gasteiger charge is -2.30. The second kappa shape index (κ2) is 4.26. The van der Waals surface area contributed by atoms with Crippen LogP contribution in [0.1, 0.15) is 25.7 Å². The van der Waals surface area contributed by atoms with Crippen LogP contribution in [0.15, 0.2) is 18.3 Å². The molecular weight excluding hydrogens is 217 g/mol. The third kappa shape index (κ3) is 2.57. The molecule has 1 aromatic rings. The van der Waals surface area contributed by atoms with E-state index in [9.17, 15) is 4.39 Å². The van der Waals surface area contributed by atoms with Gasteiger partial charge in [0.2, 0.25) is 0 Å². The quantitative estimate of drug-likeness (QED) is 0.843. The number of pyridine rings is 1. The lowest BCUT2D eigenvalue weighted by atomic mass is 9.89. The van der Waals surface area contributed by atoms with Gasteiger partial charge in [0.15, 0.2) is 0 Å². The van der Waals surface area contributed by atoms with E-state index < -0.39 is 0 Å². The van der Waals surface area contributed by atoms with Gasteiger partial charge in [0.1, 0.15) is 11.6 Å². The molecule has 4 heteroatoms. The van der Waals surface area contributed by atoms with E-state index in [0.29, 0.717) is 11.5 Å². The van der Waals surface area contributed by atoms with Crippen LogP contribution in [-0.4, -0.2) is 24.1 Å². The van der Waals surface area contributed by atoms with Gasteiger partial charge in [-0.1, -0.05) is 0 Å². The molecule has 2 fully saturated rings. The first-order valence-electron chi connectivity index (χ1n) is 6.35. The molecular formula is C13H18FN3. The Kier molecular flexibility index (Phi) is 2.74. The number of anilines is 1. The third-order valence-electron chi connectivity index (χ3n) is 3.98. The number of rotatable bonds is 3. The van der Waals surface area contributed by atoms with Gasteiger partial charge in [-0.2, -0.15) is 0 Å². The van der Waals surface area contributed by atoms with Gasteiger partial charge in [0, 0.05) is 12.6 Å². The molecule has 3 nitrogen and oxygen atoms in total. The first-order valence-corrected chi connectivity index (χ1v) is 6.35. The molecule has 1 aromatic heterocycles. The van der Waals surface area contributed by atoms with E-state index in [1.54, 1.807) is 6.07 Å². The highest BCUT2D eigenvalue weighted by Gasteiger charge is 2.45. The molecule has 92 valence electrons. The van der Waals surface area contributed by atoms with Crippen LogP contribution in [0.3, 0.4) is 0 Å². The van der Waals surface area contributed by atoms with Crippen molar-refractivity contribution in [3.8, 4) is 0 Å². The van der Waals surface area contributed by atoms with Crippen LogP contribution in [0.4, 0.5) is 10.2 Å². The number of piperidine rings is 1. The Morgan fingerprint density at radius 2 is 2.29 bits per heavy atom. The Morgan fingerprint density at radius 3 is 3.00 bits per heavy atom. The van der Waals surface area contributed by atoms with Crippen molar-refractivity contribution in [3.63, 3.8) is 0 Å². The van der Waals surface area contributed by atoms with Crippen molar-refractivity contribution in [3.05, 3.63) is 24.1 Å². The minimum Gasteiger partial charge on any atom is -0.369 e. The van der Waals surface area contributed by atoms with Crippen molar-refractivity contribution in [2.24, 2.45) is 5.41 Å². The van der Waals surface area contributed by atoms with Gasteiger partial charge in [0.05, 0.1) is 6.20 Å².